The van der Waals surface area contributed by atoms with Gasteiger partial charge in [0, 0.05) is 25.8 Å². The van der Waals surface area contributed by atoms with Gasteiger partial charge in [-0.15, -0.1) is 0 Å². The highest BCUT2D eigenvalue weighted by Crippen LogP contribution is 2.19. The van der Waals surface area contributed by atoms with Crippen LogP contribution in [0.25, 0.3) is 0 Å². The molecule has 1 unspecified atom stereocenters. The quantitative estimate of drug-likeness (QED) is 0.667. The smallest absolute Gasteiger partial charge is 0.243 e. The molecule has 0 saturated carbocycles. The highest BCUT2D eigenvalue weighted by Gasteiger charge is 2.20. The third-order valence-corrected chi connectivity index (χ3v) is 5.38. The molecule has 2 aromatic carbocycles. The maximum Gasteiger partial charge on any atom is 0.243 e. The van der Waals surface area contributed by atoms with E-state index in [4.69, 9.17) is 5.11 Å². The molecule has 0 amide bonds. The van der Waals surface area contributed by atoms with E-state index in [2.05, 4.69) is 5.32 Å². The van der Waals surface area contributed by atoms with Gasteiger partial charge in [-0.25, -0.2) is 8.42 Å². The van der Waals surface area contributed by atoms with Crippen molar-refractivity contribution >= 4 is 15.7 Å². The molecule has 0 saturated heterocycles. The molecule has 7 heteroatoms. The minimum Gasteiger partial charge on any atom is -0.394 e. The molecular weight excluding hydrogens is 328 g/mol. The SMILES string of the molecule is CN(Cc1ccccc1)S(=O)(=O)c1ccc(NCC(O)CO)cc1. The Bertz CT molecular complexity index is 733. The molecule has 24 heavy (non-hydrogen) atoms. The van der Waals surface area contributed by atoms with Crippen molar-refractivity contribution in [2.24, 2.45) is 0 Å². The molecule has 1 atom stereocenters. The van der Waals surface area contributed by atoms with Crippen LogP contribution >= 0.6 is 0 Å². The number of rotatable bonds is 8. The number of hydrogen-bond acceptors (Lipinski definition) is 5. The zero-order chi connectivity index (χ0) is 17.6. The molecule has 0 aliphatic carbocycles. The van der Waals surface area contributed by atoms with Gasteiger partial charge in [0.05, 0.1) is 17.6 Å². The van der Waals surface area contributed by atoms with Gasteiger partial charge in [0.1, 0.15) is 0 Å². The van der Waals surface area contributed by atoms with Gasteiger partial charge < -0.3 is 15.5 Å². The molecule has 130 valence electrons. The van der Waals surface area contributed by atoms with E-state index >= 15 is 0 Å². The number of aliphatic hydroxyl groups excluding tert-OH is 2. The average molecular weight is 350 g/mol. The first kappa shape index (κ1) is 18.4. The summed E-state index contributed by atoms with van der Waals surface area (Å²) in [5.74, 6) is 0. The summed E-state index contributed by atoms with van der Waals surface area (Å²) in [6.07, 6.45) is -0.856. The molecule has 0 heterocycles. The van der Waals surface area contributed by atoms with E-state index < -0.39 is 16.1 Å². The Morgan fingerprint density at radius 3 is 2.29 bits per heavy atom. The lowest BCUT2D eigenvalue weighted by molar-refractivity contribution is 0.105. The van der Waals surface area contributed by atoms with Crippen LogP contribution in [0.1, 0.15) is 5.56 Å². The van der Waals surface area contributed by atoms with Crippen LogP contribution in [0.4, 0.5) is 5.69 Å². The summed E-state index contributed by atoms with van der Waals surface area (Å²) in [5.41, 5.74) is 1.59. The Kier molecular flexibility index (Phi) is 6.33. The summed E-state index contributed by atoms with van der Waals surface area (Å²) < 4.78 is 26.5. The van der Waals surface area contributed by atoms with Crippen LogP contribution in [0.15, 0.2) is 59.5 Å². The molecular formula is C17H22N2O4S. The number of benzene rings is 2. The fourth-order valence-electron chi connectivity index (χ4n) is 2.15. The van der Waals surface area contributed by atoms with Crippen LogP contribution in [-0.4, -0.2) is 49.2 Å². The van der Waals surface area contributed by atoms with Crippen molar-refractivity contribution in [3.63, 3.8) is 0 Å². The van der Waals surface area contributed by atoms with Gasteiger partial charge in [-0.3, -0.25) is 0 Å². The fourth-order valence-corrected chi connectivity index (χ4v) is 3.31. The molecule has 0 spiro atoms. The number of hydrogen-bond donors (Lipinski definition) is 3. The largest absolute Gasteiger partial charge is 0.394 e. The minimum absolute atomic E-state index is 0.191. The van der Waals surface area contributed by atoms with Gasteiger partial charge >= 0.3 is 0 Å². The van der Waals surface area contributed by atoms with E-state index in [9.17, 15) is 13.5 Å². The second-order valence-corrected chi connectivity index (χ2v) is 7.53. The van der Waals surface area contributed by atoms with E-state index in [1.54, 1.807) is 19.2 Å². The third-order valence-electron chi connectivity index (χ3n) is 3.56. The van der Waals surface area contributed by atoms with E-state index in [0.29, 0.717) is 12.2 Å². The van der Waals surface area contributed by atoms with Crippen LogP contribution in [0, 0.1) is 0 Å². The zero-order valence-electron chi connectivity index (χ0n) is 13.5. The maximum absolute atomic E-state index is 12.6. The summed E-state index contributed by atoms with van der Waals surface area (Å²) in [5, 5.41) is 21.0. The number of aliphatic hydroxyl groups is 2. The van der Waals surface area contributed by atoms with Crippen molar-refractivity contribution in [1.82, 2.24) is 4.31 Å². The summed E-state index contributed by atoms with van der Waals surface area (Å²) in [6, 6.07) is 15.7. The first-order valence-electron chi connectivity index (χ1n) is 7.56. The van der Waals surface area contributed by atoms with Gasteiger partial charge in [0.2, 0.25) is 10.0 Å². The molecule has 2 aromatic rings. The van der Waals surface area contributed by atoms with Gasteiger partial charge in [-0.2, -0.15) is 4.31 Å². The second kappa shape index (κ2) is 8.25. The Morgan fingerprint density at radius 2 is 1.71 bits per heavy atom. The fraction of sp³-hybridized carbons (Fsp3) is 0.294. The predicted octanol–water partition coefficient (Wildman–Crippen LogP) is 1.27. The Balaban J connectivity index is 2.06. The number of sulfonamides is 1. The zero-order valence-corrected chi connectivity index (χ0v) is 14.3. The first-order chi connectivity index (χ1) is 11.4. The molecule has 0 bridgehead atoms. The lowest BCUT2D eigenvalue weighted by atomic mass is 10.2. The summed E-state index contributed by atoms with van der Waals surface area (Å²) in [7, 11) is -2.03. The van der Waals surface area contributed by atoms with Gasteiger partial charge in [0.15, 0.2) is 0 Å². The van der Waals surface area contributed by atoms with Crippen LogP contribution in [0.5, 0.6) is 0 Å². The van der Waals surface area contributed by atoms with Gasteiger partial charge in [-0.05, 0) is 29.8 Å². The van der Waals surface area contributed by atoms with Crippen molar-refractivity contribution in [3.05, 3.63) is 60.2 Å². The molecule has 0 aliphatic rings. The molecule has 6 nitrogen and oxygen atoms in total. The topological polar surface area (TPSA) is 89.9 Å². The Hall–Kier alpha value is -1.93. The number of anilines is 1. The lowest BCUT2D eigenvalue weighted by Gasteiger charge is -2.18. The standard InChI is InChI=1S/C17H22N2O4S/c1-19(12-14-5-3-2-4-6-14)24(22,23)17-9-7-15(8-10-17)18-11-16(21)13-20/h2-10,16,18,20-21H,11-13H2,1H3. The third kappa shape index (κ3) is 4.78. The summed E-state index contributed by atoms with van der Waals surface area (Å²) >= 11 is 0. The van der Waals surface area contributed by atoms with Gasteiger partial charge in [-0.1, -0.05) is 30.3 Å². The van der Waals surface area contributed by atoms with Crippen molar-refractivity contribution < 1.29 is 18.6 Å². The molecule has 0 fully saturated rings. The van der Waals surface area contributed by atoms with Crippen LogP contribution in [0.2, 0.25) is 0 Å². The maximum atomic E-state index is 12.6. The Labute approximate surface area is 142 Å². The van der Waals surface area contributed by atoms with E-state index in [1.807, 2.05) is 30.3 Å². The summed E-state index contributed by atoms with van der Waals surface area (Å²) in [6.45, 7) is 0.159. The average Bonchev–Trinajstić information content (AvgIpc) is 2.60. The monoisotopic (exact) mass is 350 g/mol. The molecule has 3 N–H and O–H groups in total. The van der Waals surface area contributed by atoms with Crippen molar-refractivity contribution in [3.8, 4) is 0 Å². The molecule has 0 radical (unpaired) electrons. The first-order valence-corrected chi connectivity index (χ1v) is 9.00. The highest BCUT2D eigenvalue weighted by molar-refractivity contribution is 7.89. The molecule has 0 aliphatic heterocycles. The predicted molar refractivity (Wildman–Crippen MR) is 93.1 cm³/mol. The van der Waals surface area contributed by atoms with E-state index in [1.165, 1.54) is 16.4 Å². The van der Waals surface area contributed by atoms with Crippen LogP contribution in [-0.2, 0) is 16.6 Å². The van der Waals surface area contributed by atoms with Crippen LogP contribution in [0.3, 0.4) is 0 Å². The van der Waals surface area contributed by atoms with Crippen molar-refractivity contribution in [2.75, 3.05) is 25.5 Å². The number of nitrogens with zero attached hydrogens (tertiary/aromatic N) is 1. The molecule has 2 rings (SSSR count). The van der Waals surface area contributed by atoms with Crippen LogP contribution < -0.4 is 5.32 Å². The van der Waals surface area contributed by atoms with E-state index in [-0.39, 0.29) is 18.0 Å². The second-order valence-electron chi connectivity index (χ2n) is 5.49. The molecule has 0 aromatic heterocycles. The number of nitrogens with one attached hydrogen (secondary N) is 1. The van der Waals surface area contributed by atoms with Gasteiger partial charge in [0.25, 0.3) is 0 Å². The van der Waals surface area contributed by atoms with Crippen molar-refractivity contribution in [2.45, 2.75) is 17.5 Å². The van der Waals surface area contributed by atoms with Crippen molar-refractivity contribution in [1.29, 1.82) is 0 Å². The normalized spacial score (nSPS) is 13.0. The lowest BCUT2D eigenvalue weighted by Crippen LogP contribution is -2.26. The summed E-state index contributed by atoms with van der Waals surface area (Å²) in [4.78, 5) is 0.203. The Morgan fingerprint density at radius 1 is 1.08 bits per heavy atom. The minimum atomic E-state index is -3.57. The highest BCUT2D eigenvalue weighted by atomic mass is 32.2. The van der Waals surface area contributed by atoms with E-state index in [0.717, 1.165) is 5.56 Å².